The average molecular weight is 303 g/mol. The van der Waals surface area contributed by atoms with Crippen molar-refractivity contribution in [1.82, 2.24) is 4.98 Å². The van der Waals surface area contributed by atoms with Gasteiger partial charge in [-0.2, -0.15) is 0 Å². The lowest BCUT2D eigenvalue weighted by molar-refractivity contribution is 0.102. The van der Waals surface area contributed by atoms with E-state index in [1.807, 2.05) is 73.7 Å². The number of aryl methyl sites for hydroxylation is 1. The molecule has 0 aliphatic rings. The first kappa shape index (κ1) is 14.8. The number of hydrogen-bond donors (Lipinski definition) is 2. The van der Waals surface area contributed by atoms with Crippen molar-refractivity contribution in [3.05, 3.63) is 84.1 Å². The van der Waals surface area contributed by atoms with Gasteiger partial charge in [-0.3, -0.25) is 4.79 Å². The van der Waals surface area contributed by atoms with Gasteiger partial charge in [0.05, 0.1) is 11.9 Å². The molecule has 0 atom stereocenters. The van der Waals surface area contributed by atoms with Gasteiger partial charge in [-0.05, 0) is 42.8 Å². The second kappa shape index (κ2) is 6.75. The number of benzene rings is 2. The number of anilines is 3. The average Bonchev–Trinajstić information content (AvgIpc) is 2.58. The van der Waals surface area contributed by atoms with Crippen molar-refractivity contribution in [3.8, 4) is 0 Å². The Labute approximate surface area is 135 Å². The highest BCUT2D eigenvalue weighted by molar-refractivity contribution is 6.05. The Bertz CT molecular complexity index is 798. The third-order valence-corrected chi connectivity index (χ3v) is 3.46. The molecule has 23 heavy (non-hydrogen) atoms. The van der Waals surface area contributed by atoms with E-state index in [2.05, 4.69) is 15.6 Å². The molecule has 0 spiro atoms. The summed E-state index contributed by atoms with van der Waals surface area (Å²) in [6.07, 6.45) is 1.64. The maximum atomic E-state index is 12.3. The Balaban J connectivity index is 1.68. The summed E-state index contributed by atoms with van der Waals surface area (Å²) < 4.78 is 0. The number of pyridine rings is 1. The lowest BCUT2D eigenvalue weighted by atomic mass is 10.1. The predicted octanol–water partition coefficient (Wildman–Crippen LogP) is 4.39. The molecule has 4 heteroatoms. The lowest BCUT2D eigenvalue weighted by Gasteiger charge is -2.09. The molecule has 2 aromatic carbocycles. The molecule has 114 valence electrons. The minimum Gasteiger partial charge on any atom is -0.340 e. The SMILES string of the molecule is Cc1ccccc1C(=O)Nc1ccc(Nc2ccccc2)nc1. The highest BCUT2D eigenvalue weighted by atomic mass is 16.1. The predicted molar refractivity (Wildman–Crippen MR) is 93.1 cm³/mol. The van der Waals surface area contributed by atoms with Gasteiger partial charge in [0, 0.05) is 11.3 Å². The molecule has 0 unspecified atom stereocenters. The molecule has 0 saturated heterocycles. The lowest BCUT2D eigenvalue weighted by Crippen LogP contribution is -2.13. The fourth-order valence-corrected chi connectivity index (χ4v) is 2.24. The molecule has 0 aliphatic carbocycles. The van der Waals surface area contributed by atoms with Crippen molar-refractivity contribution in [2.24, 2.45) is 0 Å². The highest BCUT2D eigenvalue weighted by Crippen LogP contribution is 2.16. The number of amides is 1. The summed E-state index contributed by atoms with van der Waals surface area (Å²) in [5, 5.41) is 6.06. The summed E-state index contributed by atoms with van der Waals surface area (Å²) in [7, 11) is 0. The fourth-order valence-electron chi connectivity index (χ4n) is 2.24. The summed E-state index contributed by atoms with van der Waals surface area (Å²) >= 11 is 0. The Morgan fingerprint density at radius 3 is 2.30 bits per heavy atom. The zero-order chi connectivity index (χ0) is 16.1. The standard InChI is InChI=1S/C19H17N3O/c1-14-7-5-6-10-17(14)19(23)22-16-11-12-18(20-13-16)21-15-8-3-2-4-9-15/h2-13H,1H3,(H,20,21)(H,22,23). The van der Waals surface area contributed by atoms with Crippen LogP contribution in [-0.4, -0.2) is 10.9 Å². The van der Waals surface area contributed by atoms with Gasteiger partial charge in [-0.15, -0.1) is 0 Å². The molecule has 0 aliphatic heterocycles. The van der Waals surface area contributed by atoms with E-state index in [1.54, 1.807) is 6.20 Å². The van der Waals surface area contributed by atoms with Crippen LogP contribution < -0.4 is 10.6 Å². The zero-order valence-electron chi connectivity index (χ0n) is 12.8. The van der Waals surface area contributed by atoms with Gasteiger partial charge in [0.25, 0.3) is 5.91 Å². The first-order valence-electron chi connectivity index (χ1n) is 7.37. The van der Waals surface area contributed by atoms with Crippen LogP contribution in [0, 0.1) is 6.92 Å². The number of para-hydroxylation sites is 1. The largest absolute Gasteiger partial charge is 0.340 e. The molecule has 1 aromatic heterocycles. The molecule has 0 bridgehead atoms. The van der Waals surface area contributed by atoms with Gasteiger partial charge in [-0.25, -0.2) is 4.98 Å². The van der Waals surface area contributed by atoms with E-state index in [0.29, 0.717) is 11.3 Å². The van der Waals surface area contributed by atoms with E-state index in [-0.39, 0.29) is 5.91 Å². The quantitative estimate of drug-likeness (QED) is 0.751. The Morgan fingerprint density at radius 2 is 1.61 bits per heavy atom. The van der Waals surface area contributed by atoms with Gasteiger partial charge < -0.3 is 10.6 Å². The van der Waals surface area contributed by atoms with Crippen molar-refractivity contribution in [3.63, 3.8) is 0 Å². The van der Waals surface area contributed by atoms with Crippen LogP contribution in [0.25, 0.3) is 0 Å². The highest BCUT2D eigenvalue weighted by Gasteiger charge is 2.08. The first-order chi connectivity index (χ1) is 11.2. The second-order valence-corrected chi connectivity index (χ2v) is 5.19. The van der Waals surface area contributed by atoms with E-state index < -0.39 is 0 Å². The van der Waals surface area contributed by atoms with Crippen LogP contribution >= 0.6 is 0 Å². The fraction of sp³-hybridized carbons (Fsp3) is 0.0526. The molecule has 0 fully saturated rings. The number of nitrogens with zero attached hydrogens (tertiary/aromatic N) is 1. The van der Waals surface area contributed by atoms with Crippen LogP contribution in [0.2, 0.25) is 0 Å². The summed E-state index contributed by atoms with van der Waals surface area (Å²) in [6.45, 7) is 1.92. The van der Waals surface area contributed by atoms with Crippen LogP contribution in [0.3, 0.4) is 0 Å². The van der Waals surface area contributed by atoms with Crippen molar-refractivity contribution >= 4 is 23.1 Å². The number of carbonyl (C=O) groups is 1. The van der Waals surface area contributed by atoms with E-state index in [4.69, 9.17) is 0 Å². The molecular weight excluding hydrogens is 286 g/mol. The van der Waals surface area contributed by atoms with Gasteiger partial charge >= 0.3 is 0 Å². The van der Waals surface area contributed by atoms with Gasteiger partial charge in [0.15, 0.2) is 0 Å². The topological polar surface area (TPSA) is 54.0 Å². The van der Waals surface area contributed by atoms with Crippen LogP contribution in [0.15, 0.2) is 72.9 Å². The van der Waals surface area contributed by atoms with Crippen LogP contribution in [0.5, 0.6) is 0 Å². The third-order valence-electron chi connectivity index (χ3n) is 3.46. The van der Waals surface area contributed by atoms with E-state index in [9.17, 15) is 4.79 Å². The number of rotatable bonds is 4. The Hall–Kier alpha value is -3.14. The number of carbonyl (C=O) groups excluding carboxylic acids is 1. The number of hydrogen-bond acceptors (Lipinski definition) is 3. The summed E-state index contributed by atoms with van der Waals surface area (Å²) in [4.78, 5) is 16.6. The summed E-state index contributed by atoms with van der Waals surface area (Å²) in [5.41, 5.74) is 3.24. The van der Waals surface area contributed by atoms with Gasteiger partial charge in [-0.1, -0.05) is 36.4 Å². The number of nitrogens with one attached hydrogen (secondary N) is 2. The molecule has 2 N–H and O–H groups in total. The van der Waals surface area contributed by atoms with Crippen molar-refractivity contribution in [2.45, 2.75) is 6.92 Å². The monoisotopic (exact) mass is 303 g/mol. The molecule has 0 saturated carbocycles. The Kier molecular flexibility index (Phi) is 4.34. The maximum Gasteiger partial charge on any atom is 0.255 e. The van der Waals surface area contributed by atoms with Gasteiger partial charge in [0.1, 0.15) is 5.82 Å². The zero-order valence-corrected chi connectivity index (χ0v) is 12.8. The van der Waals surface area contributed by atoms with Crippen LogP contribution in [0.4, 0.5) is 17.2 Å². The van der Waals surface area contributed by atoms with E-state index in [1.165, 1.54) is 0 Å². The molecule has 0 radical (unpaired) electrons. The molecule has 3 rings (SSSR count). The summed E-state index contributed by atoms with van der Waals surface area (Å²) in [5.74, 6) is 0.596. The van der Waals surface area contributed by atoms with Crippen molar-refractivity contribution in [1.29, 1.82) is 0 Å². The molecular formula is C19H17N3O. The summed E-state index contributed by atoms with van der Waals surface area (Å²) in [6, 6.07) is 21.0. The van der Waals surface area contributed by atoms with Crippen molar-refractivity contribution in [2.75, 3.05) is 10.6 Å². The Morgan fingerprint density at radius 1 is 0.870 bits per heavy atom. The normalized spacial score (nSPS) is 10.1. The van der Waals surface area contributed by atoms with Gasteiger partial charge in [0.2, 0.25) is 0 Å². The molecule has 3 aromatic rings. The maximum absolute atomic E-state index is 12.3. The van der Waals surface area contributed by atoms with Crippen LogP contribution in [0.1, 0.15) is 15.9 Å². The first-order valence-corrected chi connectivity index (χ1v) is 7.37. The van der Waals surface area contributed by atoms with Crippen molar-refractivity contribution < 1.29 is 4.79 Å². The number of aromatic nitrogens is 1. The smallest absolute Gasteiger partial charge is 0.255 e. The third kappa shape index (κ3) is 3.74. The van der Waals surface area contributed by atoms with Crippen LogP contribution in [-0.2, 0) is 0 Å². The minimum atomic E-state index is -0.131. The minimum absolute atomic E-state index is 0.131. The second-order valence-electron chi connectivity index (χ2n) is 5.19. The van der Waals surface area contributed by atoms with E-state index >= 15 is 0 Å². The molecule has 1 amide bonds. The molecule has 1 heterocycles. The molecule has 4 nitrogen and oxygen atoms in total. The van der Waals surface area contributed by atoms with E-state index in [0.717, 1.165) is 17.1 Å².